The SMILES string of the molecule is CN(C)S(=O)(=O)c1cccc(CNC2Cc3cc(Br)cnc3NC2=O)c1. The Balaban J connectivity index is 1.73. The van der Waals surface area contributed by atoms with Gasteiger partial charge in [0.1, 0.15) is 5.82 Å². The third-order valence-electron chi connectivity index (χ3n) is 4.14. The second kappa shape index (κ2) is 7.43. The Kier molecular flexibility index (Phi) is 5.42. The lowest BCUT2D eigenvalue weighted by molar-refractivity contribution is -0.118. The summed E-state index contributed by atoms with van der Waals surface area (Å²) in [4.78, 5) is 16.7. The van der Waals surface area contributed by atoms with Crippen LogP contribution in [-0.2, 0) is 27.8 Å². The maximum absolute atomic E-state index is 12.3. The average Bonchev–Trinajstić information content (AvgIpc) is 2.60. The Labute approximate surface area is 161 Å². The summed E-state index contributed by atoms with van der Waals surface area (Å²) >= 11 is 3.38. The summed E-state index contributed by atoms with van der Waals surface area (Å²) in [7, 11) is -0.493. The van der Waals surface area contributed by atoms with Crippen LogP contribution < -0.4 is 10.6 Å². The van der Waals surface area contributed by atoms with Crippen LogP contribution in [0.15, 0.2) is 45.9 Å². The highest BCUT2D eigenvalue weighted by molar-refractivity contribution is 9.10. The van der Waals surface area contributed by atoms with Crippen molar-refractivity contribution in [3.8, 4) is 0 Å². The monoisotopic (exact) mass is 438 g/mol. The minimum absolute atomic E-state index is 0.149. The predicted octanol–water partition coefficient (Wildman–Crippen LogP) is 1.75. The first-order valence-electron chi connectivity index (χ1n) is 7.97. The molecule has 3 rings (SSSR count). The lowest BCUT2D eigenvalue weighted by Crippen LogP contribution is -2.45. The molecule has 0 spiro atoms. The zero-order valence-corrected chi connectivity index (χ0v) is 16.8. The molecule has 1 aromatic carbocycles. The van der Waals surface area contributed by atoms with Gasteiger partial charge < -0.3 is 10.6 Å². The molecule has 1 aromatic heterocycles. The molecule has 0 bridgehead atoms. The summed E-state index contributed by atoms with van der Waals surface area (Å²) in [5.41, 5.74) is 1.74. The van der Waals surface area contributed by atoms with E-state index in [1.807, 2.05) is 12.1 Å². The molecule has 26 heavy (non-hydrogen) atoms. The van der Waals surface area contributed by atoms with Gasteiger partial charge in [0.2, 0.25) is 15.9 Å². The minimum atomic E-state index is -3.49. The van der Waals surface area contributed by atoms with E-state index in [0.29, 0.717) is 18.8 Å². The topological polar surface area (TPSA) is 91.4 Å². The van der Waals surface area contributed by atoms with Crippen LogP contribution in [-0.4, -0.2) is 43.8 Å². The highest BCUT2D eigenvalue weighted by Gasteiger charge is 2.26. The lowest BCUT2D eigenvalue weighted by Gasteiger charge is -2.25. The van der Waals surface area contributed by atoms with Gasteiger partial charge in [-0.05, 0) is 45.3 Å². The molecule has 0 radical (unpaired) electrons. The van der Waals surface area contributed by atoms with Crippen molar-refractivity contribution in [2.24, 2.45) is 0 Å². The molecule has 2 N–H and O–H groups in total. The normalized spacial score (nSPS) is 17.1. The molecule has 2 aromatic rings. The largest absolute Gasteiger partial charge is 0.309 e. The number of hydrogen-bond acceptors (Lipinski definition) is 5. The van der Waals surface area contributed by atoms with Crippen LogP contribution in [0.1, 0.15) is 11.1 Å². The smallest absolute Gasteiger partial charge is 0.243 e. The van der Waals surface area contributed by atoms with E-state index in [2.05, 4.69) is 31.5 Å². The molecule has 1 amide bonds. The van der Waals surface area contributed by atoms with Crippen LogP contribution in [0, 0.1) is 0 Å². The molecule has 1 aliphatic heterocycles. The van der Waals surface area contributed by atoms with E-state index in [4.69, 9.17) is 0 Å². The Morgan fingerprint density at radius 1 is 1.35 bits per heavy atom. The van der Waals surface area contributed by atoms with Crippen molar-refractivity contribution in [2.75, 3.05) is 19.4 Å². The van der Waals surface area contributed by atoms with E-state index in [1.165, 1.54) is 18.4 Å². The number of halogens is 1. The molecular weight excluding hydrogens is 420 g/mol. The van der Waals surface area contributed by atoms with Gasteiger partial charge in [0.25, 0.3) is 0 Å². The van der Waals surface area contributed by atoms with Gasteiger partial charge in [0, 0.05) is 37.7 Å². The summed E-state index contributed by atoms with van der Waals surface area (Å²) in [6.07, 6.45) is 2.16. The molecule has 138 valence electrons. The number of carbonyl (C=O) groups excluding carboxylic acids is 1. The van der Waals surface area contributed by atoms with Crippen LogP contribution in [0.2, 0.25) is 0 Å². The van der Waals surface area contributed by atoms with Gasteiger partial charge in [-0.15, -0.1) is 0 Å². The molecule has 1 atom stereocenters. The van der Waals surface area contributed by atoms with E-state index in [0.717, 1.165) is 15.6 Å². The first kappa shape index (κ1) is 19.0. The molecule has 0 fully saturated rings. The summed E-state index contributed by atoms with van der Waals surface area (Å²) in [5, 5.41) is 5.98. The van der Waals surface area contributed by atoms with E-state index in [1.54, 1.807) is 24.4 Å². The third kappa shape index (κ3) is 3.96. The van der Waals surface area contributed by atoms with Crippen LogP contribution in [0.3, 0.4) is 0 Å². The van der Waals surface area contributed by atoms with Crippen molar-refractivity contribution in [3.05, 3.63) is 52.1 Å². The summed E-state index contributed by atoms with van der Waals surface area (Å²) in [6, 6.07) is 8.23. The number of carbonyl (C=O) groups is 1. The molecule has 2 heterocycles. The van der Waals surface area contributed by atoms with Gasteiger partial charge in [-0.1, -0.05) is 12.1 Å². The van der Waals surface area contributed by atoms with Crippen molar-refractivity contribution in [3.63, 3.8) is 0 Å². The summed E-state index contributed by atoms with van der Waals surface area (Å²) in [6.45, 7) is 0.381. The molecule has 9 heteroatoms. The average molecular weight is 439 g/mol. The number of amides is 1. The van der Waals surface area contributed by atoms with E-state index in [9.17, 15) is 13.2 Å². The number of fused-ring (bicyclic) bond motifs is 1. The maximum Gasteiger partial charge on any atom is 0.243 e. The van der Waals surface area contributed by atoms with Crippen molar-refractivity contribution in [1.82, 2.24) is 14.6 Å². The zero-order chi connectivity index (χ0) is 18.9. The molecule has 0 aliphatic carbocycles. The van der Waals surface area contributed by atoms with Crippen molar-refractivity contribution >= 4 is 37.7 Å². The first-order valence-corrected chi connectivity index (χ1v) is 10.2. The molecule has 0 saturated heterocycles. The van der Waals surface area contributed by atoms with Gasteiger partial charge in [-0.3, -0.25) is 4.79 Å². The van der Waals surface area contributed by atoms with Crippen molar-refractivity contribution < 1.29 is 13.2 Å². The van der Waals surface area contributed by atoms with Gasteiger partial charge in [-0.25, -0.2) is 17.7 Å². The number of aromatic nitrogens is 1. The van der Waals surface area contributed by atoms with Crippen LogP contribution in [0.4, 0.5) is 5.82 Å². The summed E-state index contributed by atoms with van der Waals surface area (Å²) in [5.74, 6) is 0.430. The maximum atomic E-state index is 12.3. The first-order chi connectivity index (χ1) is 12.3. The Morgan fingerprint density at radius 3 is 2.85 bits per heavy atom. The number of nitrogens with one attached hydrogen (secondary N) is 2. The fourth-order valence-electron chi connectivity index (χ4n) is 2.70. The highest BCUT2D eigenvalue weighted by atomic mass is 79.9. The number of anilines is 1. The van der Waals surface area contributed by atoms with Crippen molar-refractivity contribution in [2.45, 2.75) is 23.9 Å². The lowest BCUT2D eigenvalue weighted by atomic mass is 10.0. The number of benzene rings is 1. The van der Waals surface area contributed by atoms with Gasteiger partial charge >= 0.3 is 0 Å². The van der Waals surface area contributed by atoms with Crippen LogP contribution >= 0.6 is 15.9 Å². The molecule has 0 saturated carbocycles. The van der Waals surface area contributed by atoms with Crippen LogP contribution in [0.5, 0.6) is 0 Å². The number of pyridine rings is 1. The second-order valence-corrected chi connectivity index (χ2v) is 9.29. The summed E-state index contributed by atoms with van der Waals surface area (Å²) < 4.78 is 26.5. The molecule has 1 unspecified atom stereocenters. The predicted molar refractivity (Wildman–Crippen MR) is 102 cm³/mol. The molecule has 7 nitrogen and oxygen atoms in total. The zero-order valence-electron chi connectivity index (χ0n) is 14.4. The number of hydrogen-bond donors (Lipinski definition) is 2. The van der Waals surface area contributed by atoms with E-state index < -0.39 is 16.1 Å². The van der Waals surface area contributed by atoms with Gasteiger partial charge in [0.15, 0.2) is 0 Å². The number of sulfonamides is 1. The highest BCUT2D eigenvalue weighted by Crippen LogP contribution is 2.23. The third-order valence-corrected chi connectivity index (χ3v) is 6.39. The van der Waals surface area contributed by atoms with Gasteiger partial charge in [-0.2, -0.15) is 0 Å². The molecule has 1 aliphatic rings. The van der Waals surface area contributed by atoms with E-state index >= 15 is 0 Å². The molecular formula is C17H19BrN4O3S. The van der Waals surface area contributed by atoms with Crippen molar-refractivity contribution in [1.29, 1.82) is 0 Å². The number of nitrogens with zero attached hydrogens (tertiary/aromatic N) is 2. The minimum Gasteiger partial charge on any atom is -0.309 e. The standard InChI is InChI=1S/C17H19BrN4O3S/c1-22(2)26(24,25)14-5-3-4-11(6-14)9-19-15-8-12-7-13(18)10-20-16(12)21-17(15)23/h3-7,10,15,19H,8-9H2,1-2H3,(H,20,21,23). The fourth-order valence-corrected chi connectivity index (χ4v) is 4.05. The van der Waals surface area contributed by atoms with E-state index in [-0.39, 0.29) is 10.8 Å². The Hall–Kier alpha value is -1.81. The van der Waals surface area contributed by atoms with Crippen LogP contribution in [0.25, 0.3) is 0 Å². The quantitative estimate of drug-likeness (QED) is 0.741. The van der Waals surface area contributed by atoms with Gasteiger partial charge in [0.05, 0.1) is 10.9 Å². The number of rotatable bonds is 5. The fraction of sp³-hybridized carbons (Fsp3) is 0.294. The Morgan fingerprint density at radius 2 is 2.12 bits per heavy atom. The Bertz CT molecular complexity index is 947. The second-order valence-electron chi connectivity index (χ2n) is 6.22.